The predicted octanol–water partition coefficient (Wildman–Crippen LogP) is 1.92. The third kappa shape index (κ3) is 1.45. The molecule has 0 amide bonds. The number of fused-ring (bicyclic) bond motifs is 5. The molecule has 3 fully saturated rings. The lowest BCUT2D eigenvalue weighted by molar-refractivity contribution is 0.119. The second kappa shape index (κ2) is 3.74. The summed E-state index contributed by atoms with van der Waals surface area (Å²) in [5.74, 6) is 5.16. The molecule has 3 aliphatic rings. The maximum atomic E-state index is 9.35. The summed E-state index contributed by atoms with van der Waals surface area (Å²) >= 11 is 0. The molecule has 2 nitrogen and oxygen atoms in total. The normalized spacial score (nSPS) is 52.4. The van der Waals surface area contributed by atoms with Crippen LogP contribution in [0.4, 0.5) is 0 Å². The first-order valence-electron chi connectivity index (χ1n) is 6.43. The number of aliphatic hydroxyl groups is 1. The molecule has 6 atom stereocenters. The zero-order chi connectivity index (χ0) is 10.4. The molecule has 0 heterocycles. The van der Waals surface area contributed by atoms with Gasteiger partial charge in [0.25, 0.3) is 0 Å². The molecule has 2 bridgehead atoms. The molecule has 0 spiro atoms. The summed E-state index contributed by atoms with van der Waals surface area (Å²) in [4.78, 5) is 0. The first kappa shape index (κ1) is 10.1. The second-order valence-electron chi connectivity index (χ2n) is 5.96. The van der Waals surface area contributed by atoms with Crippen LogP contribution in [0.3, 0.4) is 0 Å². The standard InChI is InChI=1S/C13H22O2/c1-15-7-8-2-11-9-4-10(6-14)12(5-9)13(11)3-8/h8-14H,2-7H2,1H3/t8?,9?,10?,11-,12?,13-/m0/s1. The summed E-state index contributed by atoms with van der Waals surface area (Å²) in [5.41, 5.74) is 0. The third-order valence-electron chi connectivity index (χ3n) is 5.34. The van der Waals surface area contributed by atoms with Gasteiger partial charge in [0.1, 0.15) is 0 Å². The Bertz CT molecular complexity index is 239. The highest BCUT2D eigenvalue weighted by molar-refractivity contribution is 5.04. The molecule has 15 heavy (non-hydrogen) atoms. The van der Waals surface area contributed by atoms with Gasteiger partial charge in [-0.15, -0.1) is 0 Å². The number of rotatable bonds is 3. The lowest BCUT2D eigenvalue weighted by atomic mass is 9.76. The quantitative estimate of drug-likeness (QED) is 0.771. The van der Waals surface area contributed by atoms with Gasteiger partial charge >= 0.3 is 0 Å². The summed E-state index contributed by atoms with van der Waals surface area (Å²) < 4.78 is 5.29. The van der Waals surface area contributed by atoms with Crippen LogP contribution < -0.4 is 0 Å². The second-order valence-corrected chi connectivity index (χ2v) is 5.96. The predicted molar refractivity (Wildman–Crippen MR) is 58.4 cm³/mol. The largest absolute Gasteiger partial charge is 0.396 e. The van der Waals surface area contributed by atoms with E-state index in [2.05, 4.69) is 0 Å². The van der Waals surface area contributed by atoms with Crippen molar-refractivity contribution < 1.29 is 9.84 Å². The molecule has 86 valence electrons. The summed E-state index contributed by atoms with van der Waals surface area (Å²) in [5, 5.41) is 9.35. The Morgan fingerprint density at radius 3 is 2.60 bits per heavy atom. The third-order valence-corrected chi connectivity index (χ3v) is 5.34. The van der Waals surface area contributed by atoms with Crippen LogP contribution >= 0.6 is 0 Å². The number of methoxy groups -OCH3 is 1. The first-order valence-corrected chi connectivity index (χ1v) is 6.43. The molecule has 0 aromatic heterocycles. The van der Waals surface area contributed by atoms with Gasteiger partial charge < -0.3 is 9.84 Å². The van der Waals surface area contributed by atoms with Gasteiger partial charge in [-0.05, 0) is 61.2 Å². The molecule has 3 rings (SSSR count). The summed E-state index contributed by atoms with van der Waals surface area (Å²) in [6.07, 6.45) is 5.50. The fourth-order valence-corrected chi connectivity index (χ4v) is 4.91. The first-order chi connectivity index (χ1) is 7.33. The van der Waals surface area contributed by atoms with Crippen molar-refractivity contribution in [3.8, 4) is 0 Å². The van der Waals surface area contributed by atoms with Gasteiger partial charge in [-0.25, -0.2) is 0 Å². The Labute approximate surface area is 92.0 Å². The molecule has 0 radical (unpaired) electrons. The van der Waals surface area contributed by atoms with Crippen LogP contribution in [0.1, 0.15) is 25.7 Å². The van der Waals surface area contributed by atoms with Gasteiger partial charge in [0, 0.05) is 20.3 Å². The highest BCUT2D eigenvalue weighted by atomic mass is 16.5. The Balaban J connectivity index is 1.69. The van der Waals surface area contributed by atoms with Crippen LogP contribution in [0.15, 0.2) is 0 Å². The Hall–Kier alpha value is -0.0800. The number of aliphatic hydroxyl groups excluding tert-OH is 1. The van der Waals surface area contributed by atoms with Crippen LogP contribution in [0.5, 0.6) is 0 Å². The van der Waals surface area contributed by atoms with Crippen molar-refractivity contribution in [3.63, 3.8) is 0 Å². The van der Waals surface area contributed by atoms with Crippen LogP contribution in [0, 0.1) is 35.5 Å². The fraction of sp³-hybridized carbons (Fsp3) is 1.00. The smallest absolute Gasteiger partial charge is 0.0490 e. The summed E-state index contributed by atoms with van der Waals surface area (Å²) in [6, 6.07) is 0. The molecule has 3 saturated carbocycles. The van der Waals surface area contributed by atoms with Crippen molar-refractivity contribution in [2.24, 2.45) is 35.5 Å². The minimum atomic E-state index is 0.430. The van der Waals surface area contributed by atoms with E-state index < -0.39 is 0 Å². The van der Waals surface area contributed by atoms with Crippen molar-refractivity contribution in [2.45, 2.75) is 25.7 Å². The van der Waals surface area contributed by atoms with Crippen LogP contribution in [0.2, 0.25) is 0 Å². The monoisotopic (exact) mass is 210 g/mol. The van der Waals surface area contributed by atoms with Crippen molar-refractivity contribution in [3.05, 3.63) is 0 Å². The molecular weight excluding hydrogens is 188 g/mol. The Kier molecular flexibility index (Phi) is 2.52. The summed E-state index contributed by atoms with van der Waals surface area (Å²) in [7, 11) is 1.82. The number of ether oxygens (including phenoxy) is 1. The average molecular weight is 210 g/mol. The van der Waals surface area contributed by atoms with Crippen molar-refractivity contribution in [2.75, 3.05) is 20.3 Å². The van der Waals surface area contributed by atoms with Crippen molar-refractivity contribution in [1.29, 1.82) is 0 Å². The highest BCUT2D eigenvalue weighted by Gasteiger charge is 2.55. The van der Waals surface area contributed by atoms with E-state index in [-0.39, 0.29) is 0 Å². The molecular formula is C13H22O2. The van der Waals surface area contributed by atoms with Gasteiger partial charge in [-0.3, -0.25) is 0 Å². The SMILES string of the molecule is COCC1C[C@@H]2C3CC(CC3CO)[C@@H]2C1. The zero-order valence-corrected chi connectivity index (χ0v) is 9.56. The molecule has 3 aliphatic carbocycles. The van der Waals surface area contributed by atoms with E-state index in [1.807, 2.05) is 7.11 Å². The molecule has 1 N–H and O–H groups in total. The maximum Gasteiger partial charge on any atom is 0.0490 e. The van der Waals surface area contributed by atoms with Gasteiger partial charge in [-0.2, -0.15) is 0 Å². The van der Waals surface area contributed by atoms with E-state index in [0.717, 1.165) is 36.2 Å². The molecule has 4 unspecified atom stereocenters. The van der Waals surface area contributed by atoms with E-state index in [1.54, 1.807) is 0 Å². The molecule has 0 aromatic rings. The van der Waals surface area contributed by atoms with E-state index >= 15 is 0 Å². The lowest BCUT2D eigenvalue weighted by Crippen LogP contribution is -2.26. The van der Waals surface area contributed by atoms with Crippen LogP contribution in [-0.2, 0) is 4.74 Å². The van der Waals surface area contributed by atoms with E-state index in [9.17, 15) is 5.11 Å². The van der Waals surface area contributed by atoms with Gasteiger partial charge in [-0.1, -0.05) is 0 Å². The molecule has 0 saturated heterocycles. The average Bonchev–Trinajstić information content (AvgIpc) is 2.85. The molecule has 0 aliphatic heterocycles. The van der Waals surface area contributed by atoms with E-state index in [1.165, 1.54) is 25.7 Å². The van der Waals surface area contributed by atoms with Crippen LogP contribution in [-0.4, -0.2) is 25.4 Å². The van der Waals surface area contributed by atoms with Crippen molar-refractivity contribution in [1.82, 2.24) is 0 Å². The fourth-order valence-electron chi connectivity index (χ4n) is 4.91. The highest BCUT2D eigenvalue weighted by Crippen LogP contribution is 2.61. The Morgan fingerprint density at radius 2 is 1.87 bits per heavy atom. The molecule has 2 heteroatoms. The Morgan fingerprint density at radius 1 is 1.07 bits per heavy atom. The lowest BCUT2D eigenvalue weighted by Gasteiger charge is -2.30. The topological polar surface area (TPSA) is 29.5 Å². The summed E-state index contributed by atoms with van der Waals surface area (Å²) in [6.45, 7) is 1.38. The minimum Gasteiger partial charge on any atom is -0.396 e. The zero-order valence-electron chi connectivity index (χ0n) is 9.56. The van der Waals surface area contributed by atoms with Gasteiger partial charge in [0.2, 0.25) is 0 Å². The van der Waals surface area contributed by atoms with E-state index in [0.29, 0.717) is 12.5 Å². The maximum absolute atomic E-state index is 9.35. The van der Waals surface area contributed by atoms with E-state index in [4.69, 9.17) is 4.74 Å². The van der Waals surface area contributed by atoms with Gasteiger partial charge in [0.15, 0.2) is 0 Å². The minimum absolute atomic E-state index is 0.430. The number of hydrogen-bond donors (Lipinski definition) is 1. The van der Waals surface area contributed by atoms with Gasteiger partial charge in [0.05, 0.1) is 0 Å². The molecule has 0 aromatic carbocycles. The number of hydrogen-bond acceptors (Lipinski definition) is 2. The van der Waals surface area contributed by atoms with Crippen LogP contribution in [0.25, 0.3) is 0 Å². The van der Waals surface area contributed by atoms with Crippen molar-refractivity contribution >= 4 is 0 Å².